The Kier molecular flexibility index (Phi) is 6.82. The summed E-state index contributed by atoms with van der Waals surface area (Å²) in [6.07, 6.45) is 0.757. The number of amides is 1. The first-order valence-electron chi connectivity index (χ1n) is 8.36. The van der Waals surface area contributed by atoms with Gasteiger partial charge in [0, 0.05) is 12.6 Å². The van der Waals surface area contributed by atoms with Crippen molar-refractivity contribution >= 4 is 5.91 Å². The minimum Gasteiger partial charge on any atom is -0.493 e. The van der Waals surface area contributed by atoms with Gasteiger partial charge in [0.2, 0.25) is 5.91 Å². The van der Waals surface area contributed by atoms with E-state index in [1.54, 1.807) is 0 Å². The van der Waals surface area contributed by atoms with Crippen LogP contribution in [0.2, 0.25) is 0 Å². The van der Waals surface area contributed by atoms with Gasteiger partial charge < -0.3 is 15.8 Å². The van der Waals surface area contributed by atoms with Gasteiger partial charge in [0.15, 0.2) is 0 Å². The molecule has 0 radical (unpaired) electrons. The Morgan fingerprint density at radius 1 is 1.12 bits per heavy atom. The summed E-state index contributed by atoms with van der Waals surface area (Å²) in [6, 6.07) is 17.3. The van der Waals surface area contributed by atoms with Crippen LogP contribution in [0, 0.1) is 12.8 Å². The number of nitrogens with one attached hydrogen (secondary N) is 1. The summed E-state index contributed by atoms with van der Waals surface area (Å²) in [6.45, 7) is 5.03. The second-order valence-electron chi connectivity index (χ2n) is 5.98. The van der Waals surface area contributed by atoms with Crippen molar-refractivity contribution in [1.82, 2.24) is 5.32 Å². The number of hydrogen-bond acceptors (Lipinski definition) is 3. The molecular formula is C20H26N2O2. The van der Waals surface area contributed by atoms with Crippen molar-refractivity contribution < 1.29 is 9.53 Å². The van der Waals surface area contributed by atoms with Gasteiger partial charge in [-0.25, -0.2) is 0 Å². The van der Waals surface area contributed by atoms with E-state index < -0.39 is 0 Å². The Labute approximate surface area is 144 Å². The van der Waals surface area contributed by atoms with Crippen molar-refractivity contribution in [3.63, 3.8) is 0 Å². The molecule has 2 rings (SSSR count). The standard InChI is InChI=1S/C20H26N2O2/c1-15-9-6-7-12-18(15)24-14-8-13-22-20(23)16(2)19(21)17-10-4-3-5-11-17/h3-7,9-12,16,19H,8,13-14,21H2,1-2H3,(H,22,23). The SMILES string of the molecule is Cc1ccccc1OCCCNC(=O)C(C)C(N)c1ccccc1. The molecule has 0 fully saturated rings. The summed E-state index contributed by atoms with van der Waals surface area (Å²) in [4.78, 5) is 12.2. The zero-order valence-electron chi connectivity index (χ0n) is 14.4. The number of nitrogens with two attached hydrogens (primary N) is 1. The summed E-state index contributed by atoms with van der Waals surface area (Å²) in [7, 11) is 0. The van der Waals surface area contributed by atoms with Crippen LogP contribution in [0.1, 0.15) is 30.5 Å². The second kappa shape index (κ2) is 9.08. The molecule has 128 valence electrons. The van der Waals surface area contributed by atoms with Crippen molar-refractivity contribution in [2.45, 2.75) is 26.3 Å². The molecule has 4 heteroatoms. The maximum Gasteiger partial charge on any atom is 0.224 e. The molecule has 0 spiro atoms. The predicted octanol–water partition coefficient (Wildman–Crippen LogP) is 3.22. The van der Waals surface area contributed by atoms with E-state index in [1.807, 2.05) is 68.4 Å². The first-order chi connectivity index (χ1) is 11.6. The van der Waals surface area contributed by atoms with E-state index in [9.17, 15) is 4.79 Å². The molecule has 2 aromatic carbocycles. The fourth-order valence-corrected chi connectivity index (χ4v) is 2.47. The number of para-hydroxylation sites is 1. The quantitative estimate of drug-likeness (QED) is 0.732. The lowest BCUT2D eigenvalue weighted by atomic mass is 9.95. The van der Waals surface area contributed by atoms with E-state index in [1.165, 1.54) is 0 Å². The Morgan fingerprint density at radius 2 is 1.79 bits per heavy atom. The average Bonchev–Trinajstić information content (AvgIpc) is 2.62. The van der Waals surface area contributed by atoms with Crippen LogP contribution in [-0.2, 0) is 4.79 Å². The maximum atomic E-state index is 12.2. The molecule has 0 aromatic heterocycles. The van der Waals surface area contributed by atoms with E-state index in [2.05, 4.69) is 5.32 Å². The smallest absolute Gasteiger partial charge is 0.224 e. The van der Waals surface area contributed by atoms with Crippen molar-refractivity contribution in [3.05, 3.63) is 65.7 Å². The number of carbonyl (C=O) groups is 1. The highest BCUT2D eigenvalue weighted by molar-refractivity contribution is 5.79. The lowest BCUT2D eigenvalue weighted by Gasteiger charge is -2.19. The molecule has 0 aliphatic carbocycles. The lowest BCUT2D eigenvalue weighted by Crippen LogP contribution is -2.36. The van der Waals surface area contributed by atoms with Crippen LogP contribution in [-0.4, -0.2) is 19.1 Å². The molecule has 1 amide bonds. The summed E-state index contributed by atoms with van der Waals surface area (Å²) in [5.74, 6) is 0.593. The van der Waals surface area contributed by atoms with Crippen LogP contribution < -0.4 is 15.8 Å². The molecule has 0 bridgehead atoms. The minimum atomic E-state index is -0.297. The van der Waals surface area contributed by atoms with E-state index in [0.29, 0.717) is 13.2 Å². The Morgan fingerprint density at radius 3 is 2.50 bits per heavy atom. The summed E-state index contributed by atoms with van der Waals surface area (Å²) in [5.41, 5.74) is 8.27. The first-order valence-corrected chi connectivity index (χ1v) is 8.36. The average molecular weight is 326 g/mol. The normalized spacial score (nSPS) is 13.1. The van der Waals surface area contributed by atoms with Crippen LogP contribution in [0.15, 0.2) is 54.6 Å². The number of ether oxygens (including phenoxy) is 1. The van der Waals surface area contributed by atoms with Gasteiger partial charge in [0.25, 0.3) is 0 Å². The third-order valence-corrected chi connectivity index (χ3v) is 4.11. The zero-order chi connectivity index (χ0) is 17.4. The number of aryl methyl sites for hydroxylation is 1. The van der Waals surface area contributed by atoms with Crippen molar-refractivity contribution in [3.8, 4) is 5.75 Å². The Balaban J connectivity index is 1.70. The van der Waals surface area contributed by atoms with Gasteiger partial charge in [-0.15, -0.1) is 0 Å². The fraction of sp³-hybridized carbons (Fsp3) is 0.350. The molecule has 0 aliphatic rings. The second-order valence-corrected chi connectivity index (χ2v) is 5.98. The van der Waals surface area contributed by atoms with Crippen LogP contribution in [0.5, 0.6) is 5.75 Å². The molecule has 3 N–H and O–H groups in total. The van der Waals surface area contributed by atoms with Crippen LogP contribution >= 0.6 is 0 Å². The maximum absolute atomic E-state index is 12.2. The molecule has 4 nitrogen and oxygen atoms in total. The number of benzene rings is 2. The molecule has 0 saturated carbocycles. The Hall–Kier alpha value is -2.33. The highest BCUT2D eigenvalue weighted by atomic mass is 16.5. The van der Waals surface area contributed by atoms with E-state index in [-0.39, 0.29) is 17.9 Å². The van der Waals surface area contributed by atoms with Crippen LogP contribution in [0.25, 0.3) is 0 Å². The van der Waals surface area contributed by atoms with Crippen LogP contribution in [0.4, 0.5) is 0 Å². The van der Waals surface area contributed by atoms with Gasteiger partial charge in [-0.05, 0) is 30.5 Å². The Bertz CT molecular complexity index is 643. The van der Waals surface area contributed by atoms with Gasteiger partial charge in [-0.1, -0.05) is 55.5 Å². The fourth-order valence-electron chi connectivity index (χ4n) is 2.47. The summed E-state index contributed by atoms with van der Waals surface area (Å²) in [5, 5.41) is 2.94. The predicted molar refractivity (Wildman–Crippen MR) is 96.8 cm³/mol. The molecule has 2 unspecified atom stereocenters. The third-order valence-electron chi connectivity index (χ3n) is 4.11. The minimum absolute atomic E-state index is 0.0257. The molecule has 2 atom stereocenters. The van der Waals surface area contributed by atoms with Crippen molar-refractivity contribution in [2.24, 2.45) is 11.7 Å². The zero-order valence-corrected chi connectivity index (χ0v) is 14.4. The number of rotatable bonds is 8. The highest BCUT2D eigenvalue weighted by Crippen LogP contribution is 2.19. The topological polar surface area (TPSA) is 64.3 Å². The molecule has 2 aromatic rings. The van der Waals surface area contributed by atoms with Gasteiger partial charge >= 0.3 is 0 Å². The molecule has 0 saturated heterocycles. The summed E-state index contributed by atoms with van der Waals surface area (Å²) < 4.78 is 5.72. The van der Waals surface area contributed by atoms with Gasteiger partial charge in [0.05, 0.1) is 12.5 Å². The lowest BCUT2D eigenvalue weighted by molar-refractivity contribution is -0.125. The highest BCUT2D eigenvalue weighted by Gasteiger charge is 2.21. The van der Waals surface area contributed by atoms with E-state index in [4.69, 9.17) is 10.5 Å². The van der Waals surface area contributed by atoms with E-state index in [0.717, 1.165) is 23.3 Å². The molecule has 0 aliphatic heterocycles. The first kappa shape index (κ1) is 18.0. The van der Waals surface area contributed by atoms with Gasteiger partial charge in [0.1, 0.15) is 5.75 Å². The number of hydrogen-bond donors (Lipinski definition) is 2. The molecule has 24 heavy (non-hydrogen) atoms. The van der Waals surface area contributed by atoms with Crippen molar-refractivity contribution in [1.29, 1.82) is 0 Å². The van der Waals surface area contributed by atoms with Gasteiger partial charge in [-0.2, -0.15) is 0 Å². The largest absolute Gasteiger partial charge is 0.493 e. The number of carbonyl (C=O) groups excluding carboxylic acids is 1. The van der Waals surface area contributed by atoms with Gasteiger partial charge in [-0.3, -0.25) is 4.79 Å². The molecule has 0 heterocycles. The van der Waals surface area contributed by atoms with Crippen molar-refractivity contribution in [2.75, 3.05) is 13.2 Å². The third kappa shape index (κ3) is 5.10. The molecular weight excluding hydrogens is 300 g/mol. The summed E-state index contributed by atoms with van der Waals surface area (Å²) >= 11 is 0. The van der Waals surface area contributed by atoms with Crippen LogP contribution in [0.3, 0.4) is 0 Å². The monoisotopic (exact) mass is 326 g/mol. The van der Waals surface area contributed by atoms with E-state index >= 15 is 0 Å².